The molecule has 0 fully saturated rings. The number of anilines is 1. The summed E-state index contributed by atoms with van der Waals surface area (Å²) in [5.74, 6) is 0.237. The normalized spacial score (nSPS) is 10.7. The number of carbonyl (C=O) groups is 1. The van der Waals surface area contributed by atoms with Crippen molar-refractivity contribution in [3.63, 3.8) is 0 Å². The molecular weight excluding hydrogens is 262 g/mol. The molecule has 100 valence electrons. The zero-order valence-corrected chi connectivity index (χ0v) is 11.7. The van der Waals surface area contributed by atoms with Crippen molar-refractivity contribution >= 4 is 23.2 Å². The maximum Gasteiger partial charge on any atom is 0.244 e. The number of aromatic nitrogens is 2. The monoisotopic (exact) mass is 277 g/mol. The molecule has 19 heavy (non-hydrogen) atoms. The van der Waals surface area contributed by atoms with E-state index in [1.165, 1.54) is 0 Å². The molecule has 0 radical (unpaired) electrons. The van der Waals surface area contributed by atoms with Crippen LogP contribution in [0, 0.1) is 0 Å². The summed E-state index contributed by atoms with van der Waals surface area (Å²) in [5.41, 5.74) is 1.96. The molecule has 0 spiro atoms. The highest BCUT2D eigenvalue weighted by Crippen LogP contribution is 2.23. The van der Waals surface area contributed by atoms with Crippen molar-refractivity contribution < 1.29 is 4.79 Å². The van der Waals surface area contributed by atoms with Crippen LogP contribution in [0.4, 0.5) is 5.69 Å². The van der Waals surface area contributed by atoms with Gasteiger partial charge in [0.05, 0.1) is 0 Å². The van der Waals surface area contributed by atoms with E-state index in [-0.39, 0.29) is 12.5 Å². The molecule has 0 atom stereocenters. The third kappa shape index (κ3) is 3.35. The second-order valence-corrected chi connectivity index (χ2v) is 4.95. The highest BCUT2D eigenvalue weighted by molar-refractivity contribution is 6.28. The van der Waals surface area contributed by atoms with Crippen LogP contribution >= 0.6 is 11.6 Å². The Morgan fingerprint density at radius 3 is 2.79 bits per heavy atom. The minimum atomic E-state index is -0.118. The van der Waals surface area contributed by atoms with Crippen molar-refractivity contribution in [1.29, 1.82) is 0 Å². The molecule has 0 saturated carbocycles. The van der Waals surface area contributed by atoms with Gasteiger partial charge in [-0.3, -0.25) is 4.79 Å². The first kappa shape index (κ1) is 13.6. The van der Waals surface area contributed by atoms with Crippen LogP contribution in [0.2, 0.25) is 5.28 Å². The second kappa shape index (κ2) is 5.89. The predicted molar refractivity (Wildman–Crippen MR) is 76.4 cm³/mol. The van der Waals surface area contributed by atoms with Crippen LogP contribution in [0.5, 0.6) is 0 Å². The Hall–Kier alpha value is -1.81. The van der Waals surface area contributed by atoms with Gasteiger partial charge in [-0.2, -0.15) is 0 Å². The Balaban J connectivity index is 2.09. The van der Waals surface area contributed by atoms with E-state index in [0.29, 0.717) is 11.2 Å². The third-order valence-corrected chi connectivity index (χ3v) is 3.15. The first-order valence-electron chi connectivity index (χ1n) is 6.13. The van der Waals surface area contributed by atoms with Gasteiger partial charge >= 0.3 is 0 Å². The number of amides is 1. The molecule has 1 aromatic heterocycles. The fourth-order valence-electron chi connectivity index (χ4n) is 1.89. The van der Waals surface area contributed by atoms with Crippen molar-refractivity contribution in [1.82, 2.24) is 9.55 Å². The lowest BCUT2D eigenvalue weighted by atomic mass is 10.0. The summed E-state index contributed by atoms with van der Waals surface area (Å²) in [6.07, 6.45) is 3.24. The van der Waals surface area contributed by atoms with Crippen LogP contribution in [0.1, 0.15) is 25.3 Å². The molecule has 1 aromatic carbocycles. The van der Waals surface area contributed by atoms with Gasteiger partial charge in [0, 0.05) is 18.1 Å². The minimum Gasteiger partial charge on any atom is -0.324 e. The van der Waals surface area contributed by atoms with Crippen molar-refractivity contribution in [2.24, 2.45) is 0 Å². The Morgan fingerprint density at radius 2 is 2.16 bits per heavy atom. The summed E-state index contributed by atoms with van der Waals surface area (Å²) >= 11 is 5.84. The van der Waals surface area contributed by atoms with Crippen molar-refractivity contribution in [3.8, 4) is 0 Å². The highest BCUT2D eigenvalue weighted by Gasteiger charge is 2.10. The molecule has 0 saturated heterocycles. The van der Waals surface area contributed by atoms with Gasteiger partial charge in [0.2, 0.25) is 11.2 Å². The fourth-order valence-corrected chi connectivity index (χ4v) is 2.06. The Morgan fingerprint density at radius 1 is 1.42 bits per heavy atom. The Labute approximate surface area is 117 Å². The maximum absolute atomic E-state index is 12.0. The highest BCUT2D eigenvalue weighted by atomic mass is 35.5. The van der Waals surface area contributed by atoms with Gasteiger partial charge in [-0.05, 0) is 29.1 Å². The van der Waals surface area contributed by atoms with Crippen LogP contribution in [-0.2, 0) is 11.3 Å². The number of para-hydroxylation sites is 1. The summed E-state index contributed by atoms with van der Waals surface area (Å²) in [4.78, 5) is 15.9. The van der Waals surface area contributed by atoms with Crippen molar-refractivity contribution in [3.05, 3.63) is 47.5 Å². The van der Waals surface area contributed by atoms with E-state index < -0.39 is 0 Å². The quantitative estimate of drug-likeness (QED) is 0.932. The van der Waals surface area contributed by atoms with Crippen molar-refractivity contribution in [2.75, 3.05) is 5.32 Å². The Bertz CT molecular complexity index is 578. The van der Waals surface area contributed by atoms with Gasteiger partial charge in [0.25, 0.3) is 0 Å². The average Bonchev–Trinajstić information content (AvgIpc) is 2.75. The molecule has 2 rings (SSSR count). The minimum absolute atomic E-state index is 0.118. The zero-order chi connectivity index (χ0) is 13.8. The molecule has 0 aliphatic carbocycles. The number of imidazole rings is 1. The topological polar surface area (TPSA) is 46.9 Å². The van der Waals surface area contributed by atoms with E-state index >= 15 is 0 Å². The summed E-state index contributed by atoms with van der Waals surface area (Å²) < 4.78 is 1.59. The SMILES string of the molecule is CC(C)c1ccccc1NC(=O)Cn1ccnc1Cl. The van der Waals surface area contributed by atoms with Crippen LogP contribution in [0.15, 0.2) is 36.7 Å². The molecule has 0 aliphatic heterocycles. The van der Waals surface area contributed by atoms with E-state index in [1.807, 2.05) is 24.3 Å². The van der Waals surface area contributed by atoms with Crippen LogP contribution in [-0.4, -0.2) is 15.5 Å². The molecule has 1 N–H and O–H groups in total. The number of hydrogen-bond donors (Lipinski definition) is 1. The van der Waals surface area contributed by atoms with Gasteiger partial charge in [-0.1, -0.05) is 32.0 Å². The van der Waals surface area contributed by atoms with Gasteiger partial charge in [-0.25, -0.2) is 4.98 Å². The number of nitrogens with zero attached hydrogens (tertiary/aromatic N) is 2. The summed E-state index contributed by atoms with van der Waals surface area (Å²) in [6.45, 7) is 4.35. The van der Waals surface area contributed by atoms with Crippen LogP contribution < -0.4 is 5.32 Å². The first-order chi connectivity index (χ1) is 9.08. The lowest BCUT2D eigenvalue weighted by Crippen LogP contribution is -2.19. The van der Waals surface area contributed by atoms with Crippen LogP contribution in [0.3, 0.4) is 0 Å². The molecule has 0 aliphatic rings. The maximum atomic E-state index is 12.0. The average molecular weight is 278 g/mol. The number of benzene rings is 1. The van der Waals surface area contributed by atoms with Gasteiger partial charge in [0.1, 0.15) is 6.54 Å². The predicted octanol–water partition coefficient (Wildman–Crippen LogP) is 3.30. The number of hydrogen-bond acceptors (Lipinski definition) is 2. The number of carbonyl (C=O) groups excluding carboxylic acids is 1. The number of nitrogens with one attached hydrogen (secondary N) is 1. The standard InChI is InChI=1S/C14H16ClN3O/c1-10(2)11-5-3-4-6-12(11)17-13(19)9-18-8-7-16-14(18)15/h3-8,10H,9H2,1-2H3,(H,17,19). The molecular formula is C14H16ClN3O. The van der Waals surface area contributed by atoms with E-state index in [0.717, 1.165) is 11.3 Å². The van der Waals surface area contributed by atoms with Crippen molar-refractivity contribution in [2.45, 2.75) is 26.3 Å². The number of halogens is 1. The lowest BCUT2D eigenvalue weighted by Gasteiger charge is -2.13. The van der Waals surface area contributed by atoms with Gasteiger partial charge in [-0.15, -0.1) is 0 Å². The lowest BCUT2D eigenvalue weighted by molar-refractivity contribution is -0.116. The molecule has 1 heterocycles. The largest absolute Gasteiger partial charge is 0.324 e. The molecule has 2 aromatic rings. The molecule has 1 amide bonds. The van der Waals surface area contributed by atoms with E-state index in [4.69, 9.17) is 11.6 Å². The van der Waals surface area contributed by atoms with Gasteiger partial charge < -0.3 is 9.88 Å². The van der Waals surface area contributed by atoms with E-state index in [1.54, 1.807) is 17.0 Å². The Kier molecular flexibility index (Phi) is 4.22. The fraction of sp³-hybridized carbons (Fsp3) is 0.286. The smallest absolute Gasteiger partial charge is 0.244 e. The molecule has 0 unspecified atom stereocenters. The summed E-state index contributed by atoms with van der Waals surface area (Å²) in [7, 11) is 0. The summed E-state index contributed by atoms with van der Waals surface area (Å²) in [6, 6.07) is 7.80. The third-order valence-electron chi connectivity index (χ3n) is 2.84. The zero-order valence-electron chi connectivity index (χ0n) is 10.9. The van der Waals surface area contributed by atoms with Gasteiger partial charge in [0.15, 0.2) is 0 Å². The van der Waals surface area contributed by atoms with E-state index in [2.05, 4.69) is 24.1 Å². The number of rotatable bonds is 4. The molecule has 5 heteroatoms. The summed E-state index contributed by atoms with van der Waals surface area (Å²) in [5, 5.41) is 3.22. The van der Waals surface area contributed by atoms with Crippen LogP contribution in [0.25, 0.3) is 0 Å². The molecule has 4 nitrogen and oxygen atoms in total. The van der Waals surface area contributed by atoms with E-state index in [9.17, 15) is 4.79 Å². The first-order valence-corrected chi connectivity index (χ1v) is 6.51. The second-order valence-electron chi connectivity index (χ2n) is 4.61. The molecule has 0 bridgehead atoms.